The van der Waals surface area contributed by atoms with Crippen LogP contribution in [0.1, 0.15) is 63.6 Å². The number of hydrogen-bond donors (Lipinski definition) is 2. The number of nitrogens with one attached hydrogen (secondary N) is 2. The van der Waals surface area contributed by atoms with Gasteiger partial charge in [-0.05, 0) is 25.0 Å². The number of rotatable bonds is 9. The first-order valence-corrected chi connectivity index (χ1v) is 10.9. The quantitative estimate of drug-likeness (QED) is 0.538. The average molecular weight is 466 g/mol. The Kier molecular flexibility index (Phi) is 8.18. The second-order valence-electron chi connectivity index (χ2n) is 7.98. The molecule has 33 heavy (non-hydrogen) atoms. The van der Waals surface area contributed by atoms with Gasteiger partial charge in [0.25, 0.3) is 0 Å². The molecular weight excluding hydrogens is 438 g/mol. The third kappa shape index (κ3) is 6.62. The second-order valence-corrected chi connectivity index (χ2v) is 7.98. The van der Waals surface area contributed by atoms with Gasteiger partial charge in [0.1, 0.15) is 5.54 Å². The highest BCUT2D eigenvalue weighted by Crippen LogP contribution is 2.35. The van der Waals surface area contributed by atoms with Crippen molar-refractivity contribution in [3.8, 4) is 11.5 Å². The summed E-state index contributed by atoms with van der Waals surface area (Å²) in [7, 11) is 1.33. The first-order chi connectivity index (χ1) is 15.8. The molecule has 0 bridgehead atoms. The molecule has 1 aliphatic carbocycles. The van der Waals surface area contributed by atoms with Crippen molar-refractivity contribution in [2.45, 2.75) is 70.4 Å². The fourth-order valence-electron chi connectivity index (χ4n) is 4.01. The van der Waals surface area contributed by atoms with Gasteiger partial charge in [-0.3, -0.25) is 9.59 Å². The summed E-state index contributed by atoms with van der Waals surface area (Å²) >= 11 is 0. The summed E-state index contributed by atoms with van der Waals surface area (Å²) in [6, 6.07) is 4.20. The van der Waals surface area contributed by atoms with Crippen LogP contribution in [-0.2, 0) is 21.5 Å². The summed E-state index contributed by atoms with van der Waals surface area (Å²) in [5, 5.41) is 9.73. The number of halogens is 2. The minimum absolute atomic E-state index is 0.0336. The van der Waals surface area contributed by atoms with Crippen molar-refractivity contribution in [2.75, 3.05) is 12.4 Å². The molecule has 0 radical (unpaired) electrons. The van der Waals surface area contributed by atoms with Crippen LogP contribution in [0.3, 0.4) is 0 Å². The third-order valence-corrected chi connectivity index (χ3v) is 5.50. The summed E-state index contributed by atoms with van der Waals surface area (Å²) in [4.78, 5) is 28.6. The number of anilines is 1. The van der Waals surface area contributed by atoms with Crippen molar-refractivity contribution >= 4 is 17.5 Å². The van der Waals surface area contributed by atoms with Crippen LogP contribution in [-0.4, -0.2) is 35.7 Å². The van der Waals surface area contributed by atoms with Gasteiger partial charge in [-0.2, -0.15) is 13.8 Å². The molecule has 9 nitrogen and oxygen atoms in total. The maximum atomic E-state index is 12.6. The van der Waals surface area contributed by atoms with Gasteiger partial charge in [0.2, 0.25) is 17.7 Å². The molecule has 0 spiro atoms. The van der Waals surface area contributed by atoms with Gasteiger partial charge in [-0.15, -0.1) is 0 Å². The van der Waals surface area contributed by atoms with Gasteiger partial charge in [-0.25, -0.2) is 0 Å². The SMILES string of the molecule is COc1ccc(NC(=O)CCc2nc(C3(NC(C)=O)CCCCCC3)no2)cc1OC(F)F. The number of aromatic nitrogens is 2. The van der Waals surface area contributed by atoms with E-state index >= 15 is 0 Å². The lowest BCUT2D eigenvalue weighted by atomic mass is 9.89. The van der Waals surface area contributed by atoms with E-state index in [0.29, 0.717) is 5.82 Å². The minimum Gasteiger partial charge on any atom is -0.493 e. The van der Waals surface area contributed by atoms with Gasteiger partial charge >= 0.3 is 6.61 Å². The van der Waals surface area contributed by atoms with Crippen molar-refractivity contribution in [2.24, 2.45) is 0 Å². The van der Waals surface area contributed by atoms with Crippen molar-refractivity contribution in [1.29, 1.82) is 0 Å². The van der Waals surface area contributed by atoms with Crippen LogP contribution in [0.2, 0.25) is 0 Å². The van der Waals surface area contributed by atoms with E-state index in [9.17, 15) is 18.4 Å². The van der Waals surface area contributed by atoms with Gasteiger partial charge in [-0.1, -0.05) is 30.8 Å². The Morgan fingerprint density at radius 1 is 1.18 bits per heavy atom. The van der Waals surface area contributed by atoms with Crippen molar-refractivity contribution in [3.05, 3.63) is 29.9 Å². The molecule has 1 fully saturated rings. The number of ether oxygens (including phenoxy) is 2. The smallest absolute Gasteiger partial charge is 0.387 e. The molecule has 1 saturated carbocycles. The van der Waals surface area contributed by atoms with Crippen LogP contribution >= 0.6 is 0 Å². The predicted molar refractivity (Wildman–Crippen MR) is 114 cm³/mol. The van der Waals surface area contributed by atoms with Crippen LogP contribution in [0.15, 0.2) is 22.7 Å². The van der Waals surface area contributed by atoms with E-state index in [2.05, 4.69) is 25.5 Å². The number of amides is 2. The normalized spacial score (nSPS) is 15.5. The zero-order valence-corrected chi connectivity index (χ0v) is 18.7. The largest absolute Gasteiger partial charge is 0.493 e. The Morgan fingerprint density at radius 3 is 2.55 bits per heavy atom. The van der Waals surface area contributed by atoms with E-state index in [0.717, 1.165) is 38.5 Å². The topological polar surface area (TPSA) is 116 Å². The Bertz CT molecular complexity index is 958. The van der Waals surface area contributed by atoms with Crippen LogP contribution in [0.4, 0.5) is 14.5 Å². The number of nitrogens with zero attached hydrogens (tertiary/aromatic N) is 2. The third-order valence-electron chi connectivity index (χ3n) is 5.50. The predicted octanol–water partition coefficient (Wildman–Crippen LogP) is 3.94. The van der Waals surface area contributed by atoms with E-state index in [1.165, 1.54) is 32.2 Å². The number of hydrogen-bond acceptors (Lipinski definition) is 7. The lowest BCUT2D eigenvalue weighted by Gasteiger charge is -2.30. The molecular formula is C22H28F2N4O5. The molecule has 1 aromatic carbocycles. The zero-order chi connectivity index (χ0) is 23.8. The number of methoxy groups -OCH3 is 1. The van der Waals surface area contributed by atoms with Crippen LogP contribution in [0, 0.1) is 0 Å². The van der Waals surface area contributed by atoms with Gasteiger partial charge in [0.15, 0.2) is 17.3 Å². The maximum absolute atomic E-state index is 12.6. The summed E-state index contributed by atoms with van der Waals surface area (Å²) in [5.74, 6) is 0.132. The maximum Gasteiger partial charge on any atom is 0.387 e. The van der Waals surface area contributed by atoms with Gasteiger partial charge in [0.05, 0.1) is 7.11 Å². The zero-order valence-electron chi connectivity index (χ0n) is 18.7. The molecule has 180 valence electrons. The van der Waals surface area contributed by atoms with E-state index in [1.807, 2.05) is 0 Å². The highest BCUT2D eigenvalue weighted by Gasteiger charge is 2.38. The fraction of sp³-hybridized carbons (Fsp3) is 0.545. The molecule has 0 aliphatic heterocycles. The molecule has 0 unspecified atom stereocenters. The van der Waals surface area contributed by atoms with E-state index in [4.69, 9.17) is 9.26 Å². The summed E-state index contributed by atoms with van der Waals surface area (Å²) in [6.07, 6.45) is 5.75. The van der Waals surface area contributed by atoms with Crippen LogP contribution in [0.25, 0.3) is 0 Å². The fourth-order valence-corrected chi connectivity index (χ4v) is 4.01. The van der Waals surface area contributed by atoms with Crippen molar-refractivity contribution < 1.29 is 32.4 Å². The van der Waals surface area contributed by atoms with Crippen molar-refractivity contribution in [3.63, 3.8) is 0 Å². The monoisotopic (exact) mass is 466 g/mol. The minimum atomic E-state index is -3.02. The first kappa shape index (κ1) is 24.4. The van der Waals surface area contributed by atoms with Crippen LogP contribution in [0.5, 0.6) is 11.5 Å². The Labute approximate surface area is 190 Å². The molecule has 2 amide bonds. The molecule has 1 aliphatic rings. The van der Waals surface area contributed by atoms with E-state index in [-0.39, 0.29) is 47.7 Å². The Morgan fingerprint density at radius 2 is 1.91 bits per heavy atom. The summed E-state index contributed by atoms with van der Waals surface area (Å²) in [6.45, 7) is -1.56. The van der Waals surface area contributed by atoms with E-state index in [1.54, 1.807) is 0 Å². The highest BCUT2D eigenvalue weighted by atomic mass is 19.3. The summed E-state index contributed by atoms with van der Waals surface area (Å²) < 4.78 is 39.9. The Balaban J connectivity index is 1.63. The standard InChI is InChI=1S/C22H28F2N4O5/c1-14(29)27-22(11-5-3-4-6-12-22)20-26-19(33-28-20)10-9-18(30)25-15-7-8-16(31-2)17(13-15)32-21(23)24/h7-8,13,21H,3-6,9-12H2,1-2H3,(H,25,30)(H,27,29). The molecule has 1 aromatic heterocycles. The first-order valence-electron chi connectivity index (χ1n) is 10.9. The highest BCUT2D eigenvalue weighted by molar-refractivity contribution is 5.91. The van der Waals surface area contributed by atoms with Gasteiger partial charge < -0.3 is 24.6 Å². The number of aryl methyl sites for hydroxylation is 1. The number of carbonyl (C=O) groups is 2. The number of carbonyl (C=O) groups excluding carboxylic acids is 2. The summed E-state index contributed by atoms with van der Waals surface area (Å²) in [5.41, 5.74) is -0.373. The molecule has 1 heterocycles. The van der Waals surface area contributed by atoms with E-state index < -0.39 is 12.2 Å². The molecule has 0 atom stereocenters. The number of alkyl halides is 2. The van der Waals surface area contributed by atoms with Crippen LogP contribution < -0.4 is 20.1 Å². The Hall–Kier alpha value is -3.24. The lowest BCUT2D eigenvalue weighted by molar-refractivity contribution is -0.121. The second kappa shape index (κ2) is 11.1. The van der Waals surface area contributed by atoms with Crippen molar-refractivity contribution in [1.82, 2.24) is 15.5 Å². The molecule has 2 aromatic rings. The van der Waals surface area contributed by atoms with Gasteiger partial charge in [0, 0.05) is 31.5 Å². The molecule has 3 rings (SSSR count). The molecule has 0 saturated heterocycles. The average Bonchev–Trinajstić information content (AvgIpc) is 3.12. The lowest BCUT2D eigenvalue weighted by Crippen LogP contribution is -2.45. The molecule has 2 N–H and O–H groups in total. The molecule has 11 heteroatoms. The number of benzene rings is 1.